The van der Waals surface area contributed by atoms with Gasteiger partial charge in [0.15, 0.2) is 0 Å². The Balaban J connectivity index is 1.75. The van der Waals surface area contributed by atoms with Gasteiger partial charge in [-0.3, -0.25) is 4.79 Å². The molecule has 4 rings (SSSR count). The molecule has 2 nitrogen and oxygen atoms in total. The SMILES string of the molecule is CC(=O)C1CCC2C3CC=C4C=CCCC4(C)C3C(O)CC12C. The van der Waals surface area contributed by atoms with Gasteiger partial charge >= 0.3 is 0 Å². The molecule has 0 aromatic carbocycles. The minimum absolute atomic E-state index is 0.0125. The Morgan fingerprint density at radius 1 is 1.30 bits per heavy atom. The van der Waals surface area contributed by atoms with E-state index in [4.69, 9.17) is 0 Å². The fourth-order valence-electron chi connectivity index (χ4n) is 7.10. The maximum absolute atomic E-state index is 12.2. The molecule has 0 aliphatic heterocycles. The van der Waals surface area contributed by atoms with Crippen LogP contribution in [0.3, 0.4) is 0 Å². The summed E-state index contributed by atoms with van der Waals surface area (Å²) in [4.78, 5) is 12.2. The van der Waals surface area contributed by atoms with Gasteiger partial charge in [0.2, 0.25) is 0 Å². The van der Waals surface area contributed by atoms with Gasteiger partial charge in [-0.2, -0.15) is 0 Å². The van der Waals surface area contributed by atoms with E-state index in [1.54, 1.807) is 6.92 Å². The summed E-state index contributed by atoms with van der Waals surface area (Å²) in [7, 11) is 0. The summed E-state index contributed by atoms with van der Waals surface area (Å²) in [5, 5.41) is 11.2. The number of allylic oxidation sites excluding steroid dienone is 4. The average Bonchev–Trinajstić information content (AvgIpc) is 2.82. The second-order valence-corrected chi connectivity index (χ2v) is 9.07. The molecule has 7 atom stereocenters. The van der Waals surface area contributed by atoms with E-state index in [0.717, 1.165) is 32.1 Å². The molecule has 0 bridgehead atoms. The van der Waals surface area contributed by atoms with Gasteiger partial charge < -0.3 is 5.11 Å². The van der Waals surface area contributed by atoms with Crippen LogP contribution in [-0.4, -0.2) is 17.0 Å². The highest BCUT2D eigenvalue weighted by Gasteiger charge is 2.61. The van der Waals surface area contributed by atoms with E-state index in [2.05, 4.69) is 32.1 Å². The lowest BCUT2D eigenvalue weighted by Gasteiger charge is -2.58. The van der Waals surface area contributed by atoms with Crippen molar-refractivity contribution in [2.75, 3.05) is 0 Å². The molecule has 1 N–H and O–H groups in total. The fraction of sp³-hybridized carbons (Fsp3) is 0.762. The van der Waals surface area contributed by atoms with Crippen LogP contribution in [0.15, 0.2) is 23.8 Å². The maximum atomic E-state index is 12.2. The molecule has 23 heavy (non-hydrogen) atoms. The molecule has 0 spiro atoms. The normalized spacial score (nSPS) is 51.5. The van der Waals surface area contributed by atoms with Crippen LogP contribution in [0.5, 0.6) is 0 Å². The van der Waals surface area contributed by atoms with Crippen LogP contribution in [0.4, 0.5) is 0 Å². The van der Waals surface area contributed by atoms with Gasteiger partial charge in [0.25, 0.3) is 0 Å². The van der Waals surface area contributed by atoms with Crippen LogP contribution < -0.4 is 0 Å². The third-order valence-electron chi connectivity index (χ3n) is 8.07. The molecule has 0 heterocycles. The molecule has 2 heteroatoms. The van der Waals surface area contributed by atoms with Gasteiger partial charge in [0.05, 0.1) is 6.10 Å². The smallest absolute Gasteiger partial charge is 0.133 e. The molecule has 0 aromatic rings. The molecule has 0 amide bonds. The summed E-state index contributed by atoms with van der Waals surface area (Å²) >= 11 is 0. The summed E-state index contributed by atoms with van der Waals surface area (Å²) in [5.41, 5.74) is 1.60. The lowest BCUT2D eigenvalue weighted by Crippen LogP contribution is -2.55. The van der Waals surface area contributed by atoms with E-state index in [0.29, 0.717) is 23.5 Å². The summed E-state index contributed by atoms with van der Waals surface area (Å²) in [6, 6.07) is 0. The van der Waals surface area contributed by atoms with Crippen molar-refractivity contribution in [3.63, 3.8) is 0 Å². The molecule has 4 aliphatic rings. The third-order valence-corrected chi connectivity index (χ3v) is 8.07. The topological polar surface area (TPSA) is 37.3 Å². The molecule has 126 valence electrons. The Bertz CT molecular complexity index is 589. The monoisotopic (exact) mass is 314 g/mol. The second-order valence-electron chi connectivity index (χ2n) is 9.07. The van der Waals surface area contributed by atoms with Gasteiger partial charge in [-0.1, -0.05) is 32.1 Å². The number of carbonyl (C=O) groups excluding carboxylic acids is 1. The zero-order chi connectivity index (χ0) is 16.4. The quantitative estimate of drug-likeness (QED) is 0.784. The summed E-state index contributed by atoms with van der Waals surface area (Å²) < 4.78 is 0. The first-order chi connectivity index (χ1) is 10.9. The highest BCUT2D eigenvalue weighted by atomic mass is 16.3. The molecule has 2 saturated carbocycles. The molecule has 0 radical (unpaired) electrons. The maximum Gasteiger partial charge on any atom is 0.133 e. The third kappa shape index (κ3) is 2.00. The van der Waals surface area contributed by atoms with Gasteiger partial charge in [-0.15, -0.1) is 0 Å². The highest BCUT2D eigenvalue weighted by Crippen LogP contribution is 2.65. The molecule has 4 aliphatic carbocycles. The van der Waals surface area contributed by atoms with E-state index in [-0.39, 0.29) is 22.9 Å². The number of aliphatic hydroxyl groups is 1. The minimum Gasteiger partial charge on any atom is -0.393 e. The van der Waals surface area contributed by atoms with Crippen LogP contribution >= 0.6 is 0 Å². The first kappa shape index (κ1) is 15.6. The predicted molar refractivity (Wildman–Crippen MR) is 91.8 cm³/mol. The number of hydrogen-bond acceptors (Lipinski definition) is 2. The molecular weight excluding hydrogens is 284 g/mol. The van der Waals surface area contributed by atoms with Gasteiger partial charge in [0.1, 0.15) is 5.78 Å². The second kappa shape index (κ2) is 5.05. The Morgan fingerprint density at radius 2 is 2.09 bits per heavy atom. The standard InChI is InChI=1S/C21H30O2/c1-13(22)16-9-10-17-15-8-7-14-6-4-5-11-20(14,2)19(15)18(23)12-21(16,17)3/h4,6-7,15-19,23H,5,8-12H2,1-3H3. The van der Waals surface area contributed by atoms with Crippen molar-refractivity contribution in [3.05, 3.63) is 23.8 Å². The summed E-state index contributed by atoms with van der Waals surface area (Å²) in [5.74, 6) is 2.02. The summed E-state index contributed by atoms with van der Waals surface area (Å²) in [6.07, 6.45) is 13.1. The number of ketones is 1. The van der Waals surface area contributed by atoms with E-state index in [9.17, 15) is 9.90 Å². The van der Waals surface area contributed by atoms with Crippen LogP contribution in [0.25, 0.3) is 0 Å². The zero-order valence-corrected chi connectivity index (χ0v) is 14.7. The minimum atomic E-state index is -0.263. The van der Waals surface area contributed by atoms with Crippen molar-refractivity contribution in [1.29, 1.82) is 0 Å². The molecule has 7 unspecified atom stereocenters. The average molecular weight is 314 g/mol. The number of Topliss-reactive ketones (excluding diaryl/α,β-unsaturated/α-hetero) is 1. The van der Waals surface area contributed by atoms with Crippen molar-refractivity contribution < 1.29 is 9.90 Å². The predicted octanol–water partition coefficient (Wildman–Crippen LogP) is 4.29. The summed E-state index contributed by atoms with van der Waals surface area (Å²) in [6.45, 7) is 6.42. The van der Waals surface area contributed by atoms with Gasteiger partial charge in [0, 0.05) is 5.92 Å². The fourth-order valence-corrected chi connectivity index (χ4v) is 7.10. The van der Waals surface area contributed by atoms with E-state index >= 15 is 0 Å². The number of carbonyl (C=O) groups is 1. The van der Waals surface area contributed by atoms with Gasteiger partial charge in [-0.25, -0.2) is 0 Å². The highest BCUT2D eigenvalue weighted by molar-refractivity contribution is 5.79. The Kier molecular flexibility index (Phi) is 3.43. The van der Waals surface area contributed by atoms with E-state index in [1.807, 2.05) is 0 Å². The first-order valence-corrected chi connectivity index (χ1v) is 9.43. The largest absolute Gasteiger partial charge is 0.393 e. The van der Waals surface area contributed by atoms with Crippen LogP contribution in [-0.2, 0) is 4.79 Å². The van der Waals surface area contributed by atoms with Crippen molar-refractivity contribution in [2.24, 2.45) is 34.5 Å². The van der Waals surface area contributed by atoms with Crippen molar-refractivity contribution in [1.82, 2.24) is 0 Å². The molecule has 0 saturated heterocycles. The van der Waals surface area contributed by atoms with Crippen molar-refractivity contribution in [3.8, 4) is 0 Å². The first-order valence-electron chi connectivity index (χ1n) is 9.43. The lowest BCUT2D eigenvalue weighted by atomic mass is 9.47. The molecule has 2 fully saturated rings. The number of fused-ring (bicyclic) bond motifs is 5. The molecule has 0 aromatic heterocycles. The lowest BCUT2D eigenvalue weighted by molar-refractivity contribution is -0.137. The Hall–Kier alpha value is -0.890. The van der Waals surface area contributed by atoms with Crippen LogP contribution in [0, 0.1) is 34.5 Å². The zero-order valence-electron chi connectivity index (χ0n) is 14.7. The number of aliphatic hydroxyl groups excluding tert-OH is 1. The van der Waals surface area contributed by atoms with Crippen LogP contribution in [0.2, 0.25) is 0 Å². The molecular formula is C21H30O2. The number of hydrogen-bond donors (Lipinski definition) is 1. The Labute approximate surface area is 140 Å². The van der Waals surface area contributed by atoms with Gasteiger partial charge in [-0.05, 0) is 79.6 Å². The van der Waals surface area contributed by atoms with Crippen molar-refractivity contribution in [2.45, 2.75) is 65.4 Å². The van der Waals surface area contributed by atoms with E-state index < -0.39 is 0 Å². The van der Waals surface area contributed by atoms with Crippen molar-refractivity contribution >= 4 is 5.78 Å². The van der Waals surface area contributed by atoms with Crippen LogP contribution in [0.1, 0.15) is 59.3 Å². The Morgan fingerprint density at radius 3 is 2.83 bits per heavy atom. The van der Waals surface area contributed by atoms with E-state index in [1.165, 1.54) is 12.0 Å². The number of rotatable bonds is 1.